The van der Waals surface area contributed by atoms with Crippen LogP contribution in [0.4, 0.5) is 22.9 Å². The minimum Gasteiger partial charge on any atom is -0.397 e. The van der Waals surface area contributed by atoms with Crippen molar-refractivity contribution in [1.29, 1.82) is 0 Å². The number of hydrogen-bond donors (Lipinski definition) is 3. The zero-order valence-electron chi connectivity index (χ0n) is 18.3. The number of hydrogen-bond acceptors (Lipinski definition) is 7. The second-order valence-corrected chi connectivity index (χ2v) is 7.79. The molecule has 4 rings (SSSR count). The smallest absolute Gasteiger partial charge is 0.275 e. The van der Waals surface area contributed by atoms with Gasteiger partial charge in [-0.25, -0.2) is 9.97 Å². The van der Waals surface area contributed by atoms with E-state index in [0.717, 1.165) is 37.7 Å². The first-order valence-electron chi connectivity index (χ1n) is 10.9. The van der Waals surface area contributed by atoms with Crippen LogP contribution >= 0.6 is 0 Å². The Kier molecular flexibility index (Phi) is 7.11. The molecular formula is C24H27N7O2. The van der Waals surface area contributed by atoms with E-state index in [1.807, 2.05) is 30.3 Å². The molecule has 0 spiro atoms. The quantitative estimate of drug-likeness (QED) is 0.478. The number of carbonyl (C=O) groups is 2. The Labute approximate surface area is 192 Å². The van der Waals surface area contributed by atoms with E-state index in [0.29, 0.717) is 24.3 Å². The number of nitrogens with two attached hydrogens (primary N) is 1. The third kappa shape index (κ3) is 6.05. The van der Waals surface area contributed by atoms with Gasteiger partial charge in [-0.2, -0.15) is 0 Å². The van der Waals surface area contributed by atoms with Gasteiger partial charge in [0.25, 0.3) is 5.91 Å². The van der Waals surface area contributed by atoms with Crippen molar-refractivity contribution in [3.63, 3.8) is 0 Å². The SMILES string of the molecule is Nc1ccccc1NC(=O)c1cnc(N2CCN(CCC(=O)Nc3ccccc3)CC2)cn1. The van der Waals surface area contributed by atoms with Gasteiger partial charge in [-0.05, 0) is 24.3 Å². The highest BCUT2D eigenvalue weighted by atomic mass is 16.2. The molecule has 1 aliphatic rings. The number of amides is 2. The van der Waals surface area contributed by atoms with Gasteiger partial charge in [0.2, 0.25) is 5.91 Å². The van der Waals surface area contributed by atoms with Crippen LogP contribution in [-0.4, -0.2) is 59.4 Å². The highest BCUT2D eigenvalue weighted by Crippen LogP contribution is 2.18. The minimum absolute atomic E-state index is 0.0145. The molecule has 1 saturated heterocycles. The number of nitrogens with one attached hydrogen (secondary N) is 2. The predicted octanol–water partition coefficient (Wildman–Crippen LogP) is 2.46. The number of rotatable bonds is 7. The topological polar surface area (TPSA) is 116 Å². The summed E-state index contributed by atoms with van der Waals surface area (Å²) in [5, 5.41) is 5.67. The van der Waals surface area contributed by atoms with Crippen molar-refractivity contribution >= 4 is 34.7 Å². The number of benzene rings is 2. The Morgan fingerprint density at radius 1 is 0.879 bits per heavy atom. The van der Waals surface area contributed by atoms with Crippen LogP contribution in [0.1, 0.15) is 16.9 Å². The second-order valence-electron chi connectivity index (χ2n) is 7.79. The van der Waals surface area contributed by atoms with E-state index >= 15 is 0 Å². The molecule has 9 nitrogen and oxygen atoms in total. The minimum atomic E-state index is -0.356. The number of nitrogens with zero attached hydrogens (tertiary/aromatic N) is 4. The molecule has 9 heteroatoms. The van der Waals surface area contributed by atoms with E-state index < -0.39 is 0 Å². The second kappa shape index (κ2) is 10.6. The highest BCUT2D eigenvalue weighted by Gasteiger charge is 2.19. The fourth-order valence-corrected chi connectivity index (χ4v) is 3.60. The van der Waals surface area contributed by atoms with E-state index in [1.165, 1.54) is 6.20 Å². The maximum Gasteiger partial charge on any atom is 0.275 e. The predicted molar refractivity (Wildman–Crippen MR) is 129 cm³/mol. The summed E-state index contributed by atoms with van der Waals surface area (Å²) in [7, 11) is 0. The van der Waals surface area contributed by atoms with Crippen molar-refractivity contribution in [1.82, 2.24) is 14.9 Å². The van der Waals surface area contributed by atoms with Gasteiger partial charge in [0.15, 0.2) is 0 Å². The number of aromatic nitrogens is 2. The Morgan fingerprint density at radius 2 is 1.61 bits per heavy atom. The first-order chi connectivity index (χ1) is 16.1. The number of piperazine rings is 1. The molecule has 2 amide bonds. The summed E-state index contributed by atoms with van der Waals surface area (Å²) < 4.78 is 0. The molecular weight excluding hydrogens is 418 g/mol. The lowest BCUT2D eigenvalue weighted by atomic mass is 10.2. The third-order valence-corrected chi connectivity index (χ3v) is 5.49. The molecule has 0 atom stereocenters. The molecule has 0 radical (unpaired) electrons. The molecule has 1 aromatic heterocycles. The summed E-state index contributed by atoms with van der Waals surface area (Å²) in [6, 6.07) is 16.5. The lowest BCUT2D eigenvalue weighted by molar-refractivity contribution is -0.116. The van der Waals surface area contributed by atoms with E-state index in [9.17, 15) is 9.59 Å². The zero-order chi connectivity index (χ0) is 23.0. The lowest BCUT2D eigenvalue weighted by Gasteiger charge is -2.35. The van der Waals surface area contributed by atoms with Crippen LogP contribution in [0, 0.1) is 0 Å². The molecule has 33 heavy (non-hydrogen) atoms. The molecule has 2 heterocycles. The van der Waals surface area contributed by atoms with Gasteiger partial charge in [-0.15, -0.1) is 0 Å². The number of para-hydroxylation sites is 3. The van der Waals surface area contributed by atoms with Crippen molar-refractivity contribution in [3.05, 3.63) is 72.7 Å². The lowest BCUT2D eigenvalue weighted by Crippen LogP contribution is -2.47. The maximum absolute atomic E-state index is 12.4. The van der Waals surface area contributed by atoms with Crippen LogP contribution in [0.15, 0.2) is 67.0 Å². The Balaban J connectivity index is 1.23. The molecule has 0 aliphatic carbocycles. The summed E-state index contributed by atoms with van der Waals surface area (Å²) in [5.74, 6) is 0.387. The van der Waals surface area contributed by atoms with Gasteiger partial charge in [0.05, 0.1) is 23.8 Å². The van der Waals surface area contributed by atoms with Crippen LogP contribution in [0.2, 0.25) is 0 Å². The number of carbonyl (C=O) groups excluding carboxylic acids is 2. The number of anilines is 4. The first-order valence-corrected chi connectivity index (χ1v) is 10.9. The van der Waals surface area contributed by atoms with Gasteiger partial charge in [0, 0.05) is 44.8 Å². The maximum atomic E-state index is 12.4. The van der Waals surface area contributed by atoms with E-state index in [4.69, 9.17) is 5.73 Å². The highest BCUT2D eigenvalue weighted by molar-refractivity contribution is 6.04. The number of nitrogen functional groups attached to an aromatic ring is 1. The van der Waals surface area contributed by atoms with Crippen LogP contribution in [0.5, 0.6) is 0 Å². The van der Waals surface area contributed by atoms with E-state index in [-0.39, 0.29) is 17.5 Å². The summed E-state index contributed by atoms with van der Waals surface area (Å²) in [6.07, 6.45) is 3.54. The van der Waals surface area contributed by atoms with E-state index in [2.05, 4.69) is 30.4 Å². The van der Waals surface area contributed by atoms with Crippen molar-refractivity contribution in [2.75, 3.05) is 54.0 Å². The Bertz CT molecular complexity index is 1080. The molecule has 3 aromatic rings. The average Bonchev–Trinajstić information content (AvgIpc) is 2.85. The van der Waals surface area contributed by atoms with Crippen molar-refractivity contribution in [3.8, 4) is 0 Å². The molecule has 2 aromatic carbocycles. The molecule has 0 bridgehead atoms. The van der Waals surface area contributed by atoms with Gasteiger partial charge < -0.3 is 21.3 Å². The first kappa shape index (κ1) is 22.2. The van der Waals surface area contributed by atoms with Gasteiger partial charge in [-0.3, -0.25) is 14.5 Å². The van der Waals surface area contributed by atoms with Gasteiger partial charge in [0.1, 0.15) is 11.5 Å². The van der Waals surface area contributed by atoms with Crippen LogP contribution in [-0.2, 0) is 4.79 Å². The van der Waals surface area contributed by atoms with Crippen LogP contribution in [0.3, 0.4) is 0 Å². The molecule has 0 saturated carbocycles. The summed E-state index contributed by atoms with van der Waals surface area (Å²) in [5.41, 5.74) is 7.95. The summed E-state index contributed by atoms with van der Waals surface area (Å²) >= 11 is 0. The van der Waals surface area contributed by atoms with Gasteiger partial charge in [-0.1, -0.05) is 30.3 Å². The van der Waals surface area contributed by atoms with E-state index in [1.54, 1.807) is 30.5 Å². The third-order valence-electron chi connectivity index (χ3n) is 5.49. The average molecular weight is 446 g/mol. The Hall–Kier alpha value is -3.98. The molecule has 1 aliphatic heterocycles. The molecule has 1 fully saturated rings. The van der Waals surface area contributed by atoms with Crippen molar-refractivity contribution in [2.24, 2.45) is 0 Å². The van der Waals surface area contributed by atoms with Gasteiger partial charge >= 0.3 is 0 Å². The van der Waals surface area contributed by atoms with Crippen LogP contribution in [0.25, 0.3) is 0 Å². The largest absolute Gasteiger partial charge is 0.397 e. The van der Waals surface area contributed by atoms with Crippen LogP contribution < -0.4 is 21.3 Å². The zero-order valence-corrected chi connectivity index (χ0v) is 18.3. The molecule has 170 valence electrons. The summed E-state index contributed by atoms with van der Waals surface area (Å²) in [6.45, 7) is 3.92. The standard InChI is InChI=1S/C24H27N7O2/c25-19-8-4-5-9-20(19)29-24(33)21-16-27-22(17-26-21)31-14-12-30(13-15-31)11-10-23(32)28-18-6-2-1-3-7-18/h1-9,16-17H,10-15,25H2,(H,28,32)(H,29,33). The molecule has 4 N–H and O–H groups in total. The fourth-order valence-electron chi connectivity index (χ4n) is 3.60. The van der Waals surface area contributed by atoms with Crippen molar-refractivity contribution in [2.45, 2.75) is 6.42 Å². The fraction of sp³-hybridized carbons (Fsp3) is 0.250. The molecule has 0 unspecified atom stereocenters. The summed E-state index contributed by atoms with van der Waals surface area (Å²) in [4.78, 5) is 37.7. The monoisotopic (exact) mass is 445 g/mol. The van der Waals surface area contributed by atoms with Crippen molar-refractivity contribution < 1.29 is 9.59 Å². The normalized spacial score (nSPS) is 14.0. The Morgan fingerprint density at radius 3 is 2.30 bits per heavy atom.